The summed E-state index contributed by atoms with van der Waals surface area (Å²) >= 11 is 3.55. The van der Waals surface area contributed by atoms with Crippen molar-refractivity contribution in [3.63, 3.8) is 0 Å². The first-order valence-electron chi connectivity index (χ1n) is 7.41. The van der Waals surface area contributed by atoms with Crippen molar-refractivity contribution in [2.24, 2.45) is 0 Å². The van der Waals surface area contributed by atoms with Crippen LogP contribution in [-0.4, -0.2) is 43.1 Å². The molecule has 112 valence electrons. The summed E-state index contributed by atoms with van der Waals surface area (Å²) in [5.74, 6) is 1.64. The minimum absolute atomic E-state index is 0.712. The van der Waals surface area contributed by atoms with E-state index in [0.29, 0.717) is 6.61 Å². The monoisotopic (exact) mass is 341 g/mol. The molecule has 1 aromatic carbocycles. The number of methoxy groups -OCH3 is 1. The average Bonchev–Trinajstić information content (AvgIpc) is 3.01. The Morgan fingerprint density at radius 3 is 2.50 bits per heavy atom. The Morgan fingerprint density at radius 2 is 1.85 bits per heavy atom. The molecule has 0 amide bonds. The number of ether oxygens (including phenoxy) is 2. The van der Waals surface area contributed by atoms with Crippen molar-refractivity contribution in [3.8, 4) is 11.5 Å². The van der Waals surface area contributed by atoms with E-state index in [0.717, 1.165) is 36.0 Å². The Hall–Kier alpha value is -0.740. The average molecular weight is 342 g/mol. The zero-order chi connectivity index (χ0) is 14.2. The van der Waals surface area contributed by atoms with E-state index in [9.17, 15) is 0 Å². The molecule has 3 nitrogen and oxygen atoms in total. The molecular formula is C16H24BrNO2. The molecule has 0 heterocycles. The second kappa shape index (κ2) is 8.53. The Balaban J connectivity index is 1.83. The third kappa shape index (κ3) is 4.38. The predicted molar refractivity (Wildman–Crippen MR) is 86.1 cm³/mol. The van der Waals surface area contributed by atoms with Crippen molar-refractivity contribution in [1.29, 1.82) is 0 Å². The van der Waals surface area contributed by atoms with E-state index in [1.807, 2.05) is 24.3 Å². The van der Waals surface area contributed by atoms with E-state index in [-0.39, 0.29) is 0 Å². The summed E-state index contributed by atoms with van der Waals surface area (Å²) in [4.78, 5) is 2.55. The molecule has 1 aliphatic rings. The van der Waals surface area contributed by atoms with Crippen LogP contribution in [0.1, 0.15) is 25.7 Å². The molecule has 0 aliphatic heterocycles. The van der Waals surface area contributed by atoms with Gasteiger partial charge in [0.15, 0.2) is 11.5 Å². The number of rotatable bonds is 8. The van der Waals surface area contributed by atoms with Crippen LogP contribution in [0, 0.1) is 0 Å². The van der Waals surface area contributed by atoms with Crippen LogP contribution in [0.2, 0.25) is 0 Å². The first-order chi connectivity index (χ1) is 9.85. The van der Waals surface area contributed by atoms with Crippen molar-refractivity contribution >= 4 is 15.9 Å². The van der Waals surface area contributed by atoms with Crippen LogP contribution in [0.3, 0.4) is 0 Å². The summed E-state index contributed by atoms with van der Waals surface area (Å²) in [6.07, 6.45) is 5.41. The predicted octanol–water partition coefficient (Wildman–Crippen LogP) is 3.71. The van der Waals surface area contributed by atoms with Crippen molar-refractivity contribution in [2.45, 2.75) is 31.7 Å². The van der Waals surface area contributed by atoms with Gasteiger partial charge in [0.1, 0.15) is 6.61 Å². The van der Waals surface area contributed by atoms with Gasteiger partial charge in [0.2, 0.25) is 0 Å². The third-order valence-corrected chi connectivity index (χ3v) is 4.27. The molecule has 0 aromatic heterocycles. The number of nitrogens with zero attached hydrogens (tertiary/aromatic N) is 1. The number of hydrogen-bond donors (Lipinski definition) is 0. The molecule has 1 aliphatic carbocycles. The van der Waals surface area contributed by atoms with E-state index < -0.39 is 0 Å². The fourth-order valence-corrected chi connectivity index (χ4v) is 3.32. The summed E-state index contributed by atoms with van der Waals surface area (Å²) in [7, 11) is 1.68. The highest BCUT2D eigenvalue weighted by Crippen LogP contribution is 2.26. The van der Waals surface area contributed by atoms with Crippen LogP contribution in [0.5, 0.6) is 11.5 Å². The lowest BCUT2D eigenvalue weighted by Gasteiger charge is -2.28. The van der Waals surface area contributed by atoms with Gasteiger partial charge >= 0.3 is 0 Å². The lowest BCUT2D eigenvalue weighted by Crippen LogP contribution is -2.37. The molecule has 0 spiro atoms. The summed E-state index contributed by atoms with van der Waals surface area (Å²) < 4.78 is 11.2. The molecule has 20 heavy (non-hydrogen) atoms. The number of hydrogen-bond acceptors (Lipinski definition) is 3. The Labute approximate surface area is 130 Å². The van der Waals surface area contributed by atoms with Gasteiger partial charge in [0, 0.05) is 24.5 Å². The maximum Gasteiger partial charge on any atom is 0.161 e. The molecule has 0 unspecified atom stereocenters. The summed E-state index contributed by atoms with van der Waals surface area (Å²) in [5.41, 5.74) is 0. The van der Waals surface area contributed by atoms with Gasteiger partial charge in [-0.2, -0.15) is 0 Å². The minimum Gasteiger partial charge on any atom is -0.493 e. The van der Waals surface area contributed by atoms with Gasteiger partial charge < -0.3 is 9.47 Å². The van der Waals surface area contributed by atoms with Gasteiger partial charge in [0.25, 0.3) is 0 Å². The van der Waals surface area contributed by atoms with Crippen molar-refractivity contribution in [3.05, 3.63) is 24.3 Å². The van der Waals surface area contributed by atoms with Gasteiger partial charge in [-0.1, -0.05) is 40.9 Å². The topological polar surface area (TPSA) is 21.7 Å². The van der Waals surface area contributed by atoms with Crippen LogP contribution < -0.4 is 9.47 Å². The van der Waals surface area contributed by atoms with E-state index in [2.05, 4.69) is 20.8 Å². The fourth-order valence-electron chi connectivity index (χ4n) is 2.87. The van der Waals surface area contributed by atoms with Crippen molar-refractivity contribution in [1.82, 2.24) is 4.90 Å². The molecule has 0 saturated heterocycles. The Kier molecular flexibility index (Phi) is 6.67. The molecule has 0 radical (unpaired) electrons. The highest BCUT2D eigenvalue weighted by molar-refractivity contribution is 9.09. The second-order valence-electron chi connectivity index (χ2n) is 5.16. The van der Waals surface area contributed by atoms with E-state index in [4.69, 9.17) is 9.47 Å². The Morgan fingerprint density at radius 1 is 1.15 bits per heavy atom. The zero-order valence-corrected chi connectivity index (χ0v) is 13.8. The van der Waals surface area contributed by atoms with Gasteiger partial charge in [-0.15, -0.1) is 0 Å². The molecule has 1 saturated carbocycles. The van der Waals surface area contributed by atoms with Gasteiger partial charge in [-0.25, -0.2) is 0 Å². The smallest absolute Gasteiger partial charge is 0.161 e. The highest BCUT2D eigenvalue weighted by atomic mass is 79.9. The van der Waals surface area contributed by atoms with Crippen LogP contribution in [0.25, 0.3) is 0 Å². The number of para-hydroxylation sites is 2. The van der Waals surface area contributed by atoms with Gasteiger partial charge in [-0.05, 0) is 25.0 Å². The highest BCUT2D eigenvalue weighted by Gasteiger charge is 2.21. The number of benzene rings is 1. The molecule has 2 rings (SSSR count). The molecule has 0 atom stereocenters. The van der Waals surface area contributed by atoms with Crippen LogP contribution in [-0.2, 0) is 0 Å². The maximum atomic E-state index is 5.88. The third-order valence-electron chi connectivity index (χ3n) is 3.92. The standard InChI is InChI=1S/C16H24BrNO2/c1-19-15-8-4-5-9-16(15)20-13-12-18(11-10-17)14-6-2-3-7-14/h4-5,8-9,14H,2-3,6-7,10-13H2,1H3. The lowest BCUT2D eigenvalue weighted by molar-refractivity contribution is 0.167. The van der Waals surface area contributed by atoms with Gasteiger partial charge in [-0.3, -0.25) is 4.90 Å². The zero-order valence-electron chi connectivity index (χ0n) is 12.2. The largest absolute Gasteiger partial charge is 0.493 e. The second-order valence-corrected chi connectivity index (χ2v) is 5.96. The molecule has 0 N–H and O–H groups in total. The molecule has 0 bridgehead atoms. The fraction of sp³-hybridized carbons (Fsp3) is 0.625. The molecule has 4 heteroatoms. The SMILES string of the molecule is COc1ccccc1OCCN(CCBr)C1CCCC1. The van der Waals surface area contributed by atoms with E-state index in [1.54, 1.807) is 7.11 Å². The van der Waals surface area contributed by atoms with Crippen LogP contribution >= 0.6 is 15.9 Å². The van der Waals surface area contributed by atoms with Gasteiger partial charge in [0.05, 0.1) is 7.11 Å². The first kappa shape index (κ1) is 15.6. The normalized spacial score (nSPS) is 15.8. The summed E-state index contributed by atoms with van der Waals surface area (Å²) in [5, 5.41) is 1.03. The molecule has 1 aromatic rings. The minimum atomic E-state index is 0.712. The summed E-state index contributed by atoms with van der Waals surface area (Å²) in [6, 6.07) is 8.58. The van der Waals surface area contributed by atoms with E-state index in [1.165, 1.54) is 25.7 Å². The Bertz CT molecular complexity index is 394. The quantitative estimate of drug-likeness (QED) is 0.672. The van der Waals surface area contributed by atoms with Crippen molar-refractivity contribution < 1.29 is 9.47 Å². The molecular weight excluding hydrogens is 318 g/mol. The number of halogens is 1. The van der Waals surface area contributed by atoms with Crippen LogP contribution in [0.4, 0.5) is 0 Å². The molecule has 1 fully saturated rings. The summed E-state index contributed by atoms with van der Waals surface area (Å²) in [6.45, 7) is 2.79. The number of alkyl halides is 1. The first-order valence-corrected chi connectivity index (χ1v) is 8.53. The maximum absolute atomic E-state index is 5.88. The van der Waals surface area contributed by atoms with E-state index >= 15 is 0 Å². The van der Waals surface area contributed by atoms with Crippen LogP contribution in [0.15, 0.2) is 24.3 Å². The van der Waals surface area contributed by atoms with Crippen molar-refractivity contribution in [2.75, 3.05) is 32.1 Å². The lowest BCUT2D eigenvalue weighted by atomic mass is 10.2.